The van der Waals surface area contributed by atoms with E-state index in [1.54, 1.807) is 24.3 Å². The highest BCUT2D eigenvalue weighted by atomic mass is 32.2. The second-order valence-electron chi connectivity index (χ2n) is 10.6. The fourth-order valence-electron chi connectivity index (χ4n) is 5.42. The average molecular weight is 625 g/mol. The Balaban J connectivity index is 2.01. The number of esters is 2. The van der Waals surface area contributed by atoms with Crippen molar-refractivity contribution in [2.24, 2.45) is 17.8 Å². The van der Waals surface area contributed by atoms with E-state index in [-0.39, 0.29) is 55.8 Å². The fourth-order valence-corrected chi connectivity index (χ4v) is 5.83. The molecule has 0 bridgehead atoms. The predicted molar refractivity (Wildman–Crippen MR) is 167 cm³/mol. The van der Waals surface area contributed by atoms with E-state index in [2.05, 4.69) is 0 Å². The molecule has 3 rings (SSSR count). The molecular formula is C28H26B6F2O8S. The quantitative estimate of drug-likeness (QED) is 0.153. The predicted octanol–water partition coefficient (Wildman–Crippen LogP) is 1.29. The van der Waals surface area contributed by atoms with Crippen LogP contribution < -0.4 is 9.47 Å². The molecule has 3 unspecified atom stereocenters. The van der Waals surface area contributed by atoms with Gasteiger partial charge >= 0.3 is 27.3 Å². The lowest BCUT2D eigenvalue weighted by atomic mass is 9.72. The number of carbonyl (C=O) groups is 3. The van der Waals surface area contributed by atoms with Crippen molar-refractivity contribution in [2.45, 2.75) is 62.4 Å². The number of Topliss-reactive ketones (excluding diaryl/α,β-unsaturated/α-hetero) is 1. The van der Waals surface area contributed by atoms with Crippen LogP contribution in [0.15, 0.2) is 24.3 Å². The van der Waals surface area contributed by atoms with E-state index in [9.17, 15) is 31.6 Å². The molecule has 0 aliphatic heterocycles. The monoisotopic (exact) mass is 626 g/mol. The zero-order valence-electron chi connectivity index (χ0n) is 24.3. The van der Waals surface area contributed by atoms with Gasteiger partial charge in [-0.1, -0.05) is 73.3 Å². The van der Waals surface area contributed by atoms with Crippen molar-refractivity contribution < 1.29 is 45.6 Å². The molecule has 0 spiro atoms. The highest BCUT2D eigenvalue weighted by molar-refractivity contribution is 7.87. The number of carbonyl (C=O) groups excluding carboxylic acids is 3. The summed E-state index contributed by atoms with van der Waals surface area (Å²) in [6, 6.07) is 6.37. The summed E-state index contributed by atoms with van der Waals surface area (Å²) in [7, 11) is 28.6. The standard InChI is InChI=1S/C28H26B6F2O8S/c29-8-14-3-17(10-31)23(18(4-14)11-32)43-26(38)16-1-2-21(25(37)28(35,36)45(40,41)42)22(7-16)27(39)44-24-19(12-33)5-15(9-30)6-20(24)13-34/h3-6,16,21-22H,1-2,7-13H2,(H,40,41,42). The highest BCUT2D eigenvalue weighted by Crippen LogP contribution is 2.41. The van der Waals surface area contributed by atoms with Crippen LogP contribution in [0.1, 0.15) is 52.6 Å². The Morgan fingerprint density at radius 1 is 0.711 bits per heavy atom. The van der Waals surface area contributed by atoms with Crippen LogP contribution in [0.5, 0.6) is 11.5 Å². The Hall–Kier alpha value is -2.79. The lowest BCUT2D eigenvalue weighted by molar-refractivity contribution is -0.155. The molecule has 0 saturated heterocycles. The van der Waals surface area contributed by atoms with Crippen molar-refractivity contribution in [2.75, 3.05) is 0 Å². The average Bonchev–Trinajstić information content (AvgIpc) is 3.03. The minimum absolute atomic E-state index is 0.0414. The van der Waals surface area contributed by atoms with Gasteiger partial charge in [0.1, 0.15) is 11.5 Å². The molecule has 2 aromatic rings. The van der Waals surface area contributed by atoms with Gasteiger partial charge in [-0.05, 0) is 41.5 Å². The van der Waals surface area contributed by atoms with Gasteiger partial charge in [0.25, 0.3) is 0 Å². The molecule has 1 aliphatic rings. The van der Waals surface area contributed by atoms with Gasteiger partial charge in [-0.3, -0.25) is 18.9 Å². The topological polar surface area (TPSA) is 124 Å². The number of ether oxygens (including phenoxy) is 2. The molecule has 1 fully saturated rings. The Bertz CT molecular complexity index is 1510. The van der Waals surface area contributed by atoms with Gasteiger partial charge in [0.2, 0.25) is 5.78 Å². The summed E-state index contributed by atoms with van der Waals surface area (Å²) in [5.41, 5.74) is 2.74. The Kier molecular flexibility index (Phi) is 12.4. The molecule has 1 aliphatic carbocycles. The SMILES string of the molecule is [B]Cc1cc(C[B])c(OC(=O)C2CCC(C(=O)C(F)(F)S(=O)(=O)O)C(C(=O)Oc3c(C[B])cc(C[B])cc3C[B])C2)c(C[B])c1. The van der Waals surface area contributed by atoms with Crippen LogP contribution in [0.3, 0.4) is 0 Å². The van der Waals surface area contributed by atoms with Gasteiger partial charge in [0.05, 0.1) is 58.9 Å². The largest absolute Gasteiger partial charge is 0.427 e. The van der Waals surface area contributed by atoms with Crippen LogP contribution in [-0.2, 0) is 62.4 Å². The molecule has 0 aromatic heterocycles. The summed E-state index contributed by atoms with van der Waals surface area (Å²) in [4.78, 5) is 39.9. The highest BCUT2D eigenvalue weighted by Gasteiger charge is 2.58. The van der Waals surface area contributed by atoms with Crippen LogP contribution in [0.25, 0.3) is 0 Å². The summed E-state index contributed by atoms with van der Waals surface area (Å²) in [6.45, 7) is 0. The lowest BCUT2D eigenvalue weighted by Gasteiger charge is -2.34. The van der Waals surface area contributed by atoms with E-state index in [1.807, 2.05) is 0 Å². The number of hydrogen-bond donors (Lipinski definition) is 1. The molecule has 12 radical (unpaired) electrons. The van der Waals surface area contributed by atoms with Gasteiger partial charge in [-0.15, -0.1) is 0 Å². The third kappa shape index (κ3) is 7.96. The summed E-state index contributed by atoms with van der Waals surface area (Å²) in [5.74, 6) is -9.15. The van der Waals surface area contributed by atoms with Crippen molar-refractivity contribution >= 4 is 74.9 Å². The fraction of sp³-hybridized carbons (Fsp3) is 0.464. The van der Waals surface area contributed by atoms with Crippen LogP contribution in [0, 0.1) is 17.8 Å². The second-order valence-corrected chi connectivity index (χ2v) is 12.1. The van der Waals surface area contributed by atoms with Gasteiger partial charge in [-0.2, -0.15) is 17.2 Å². The number of rotatable bonds is 13. The van der Waals surface area contributed by atoms with Gasteiger partial charge in [0, 0.05) is 5.92 Å². The summed E-state index contributed by atoms with van der Waals surface area (Å²) < 4.78 is 72.2. The molecule has 1 saturated carbocycles. The van der Waals surface area contributed by atoms with Gasteiger partial charge in [-0.25, -0.2) is 0 Å². The zero-order valence-corrected chi connectivity index (χ0v) is 25.2. The lowest BCUT2D eigenvalue weighted by Crippen LogP contribution is -2.48. The van der Waals surface area contributed by atoms with E-state index in [0.717, 1.165) is 0 Å². The van der Waals surface area contributed by atoms with E-state index < -0.39 is 63.7 Å². The van der Waals surface area contributed by atoms with Crippen molar-refractivity contribution in [3.63, 3.8) is 0 Å². The first-order valence-corrected chi connectivity index (χ1v) is 15.4. The Morgan fingerprint density at radius 2 is 1.11 bits per heavy atom. The molecule has 2 aromatic carbocycles. The van der Waals surface area contributed by atoms with Crippen molar-refractivity contribution in [3.05, 3.63) is 57.6 Å². The maximum absolute atomic E-state index is 14.6. The van der Waals surface area contributed by atoms with E-state index in [1.165, 1.54) is 0 Å². The third-order valence-electron chi connectivity index (χ3n) is 7.80. The normalized spacial score (nSPS) is 18.7. The van der Waals surface area contributed by atoms with Gasteiger partial charge < -0.3 is 9.47 Å². The van der Waals surface area contributed by atoms with Crippen LogP contribution in [0.2, 0.25) is 0 Å². The first-order chi connectivity index (χ1) is 21.2. The van der Waals surface area contributed by atoms with E-state index in [4.69, 9.17) is 61.1 Å². The number of ketones is 1. The number of hydrogen-bond acceptors (Lipinski definition) is 7. The maximum atomic E-state index is 14.6. The van der Waals surface area contributed by atoms with Gasteiger partial charge in [0.15, 0.2) is 0 Å². The van der Waals surface area contributed by atoms with E-state index >= 15 is 0 Å². The molecule has 3 atom stereocenters. The Labute approximate surface area is 269 Å². The van der Waals surface area contributed by atoms with Crippen LogP contribution >= 0.6 is 0 Å². The first kappa shape index (κ1) is 36.7. The molecule has 0 heterocycles. The third-order valence-corrected chi connectivity index (χ3v) is 8.64. The van der Waals surface area contributed by atoms with Crippen LogP contribution in [-0.4, -0.2) is 83.0 Å². The van der Waals surface area contributed by atoms with Crippen molar-refractivity contribution in [1.82, 2.24) is 0 Å². The minimum Gasteiger partial charge on any atom is -0.426 e. The maximum Gasteiger partial charge on any atom is 0.427 e. The number of halogens is 2. The second kappa shape index (κ2) is 15.2. The summed E-state index contributed by atoms with van der Waals surface area (Å²) in [6.07, 6.45) is -1.41. The minimum atomic E-state index is -6.18. The number of alkyl halides is 2. The smallest absolute Gasteiger partial charge is 0.426 e. The summed E-state index contributed by atoms with van der Waals surface area (Å²) in [5, 5.41) is -5.23. The number of benzene rings is 2. The zero-order chi connectivity index (χ0) is 33.7. The molecule has 1 N–H and O–H groups in total. The molecule has 45 heavy (non-hydrogen) atoms. The van der Waals surface area contributed by atoms with Crippen molar-refractivity contribution in [1.29, 1.82) is 0 Å². The van der Waals surface area contributed by atoms with E-state index in [0.29, 0.717) is 33.4 Å². The summed E-state index contributed by atoms with van der Waals surface area (Å²) >= 11 is 0. The molecule has 17 heteroatoms. The Morgan fingerprint density at radius 3 is 1.47 bits per heavy atom. The molecule has 224 valence electrons. The van der Waals surface area contributed by atoms with Crippen molar-refractivity contribution in [3.8, 4) is 11.5 Å². The molecule has 8 nitrogen and oxygen atoms in total. The van der Waals surface area contributed by atoms with Crippen LogP contribution in [0.4, 0.5) is 8.78 Å². The molecular weight excluding hydrogens is 599 g/mol. The molecule has 0 amide bonds. The first-order valence-electron chi connectivity index (χ1n) is 14.0.